The maximum Gasteiger partial charge on any atom is 0.272 e. The number of carbonyl (C=O) groups is 1. The molecule has 0 spiro atoms. The number of anilines is 1. The van der Waals surface area contributed by atoms with Crippen molar-refractivity contribution in [2.75, 3.05) is 32.1 Å². The third-order valence-electron chi connectivity index (χ3n) is 5.90. The molecule has 2 aromatic carbocycles. The topological polar surface area (TPSA) is 60.0 Å². The quantitative estimate of drug-likeness (QED) is 0.696. The van der Waals surface area contributed by atoms with E-state index in [9.17, 15) is 4.79 Å². The number of amides is 1. The van der Waals surface area contributed by atoms with Gasteiger partial charge in [0.2, 0.25) is 6.17 Å². The van der Waals surface area contributed by atoms with Crippen molar-refractivity contribution in [2.24, 2.45) is 4.99 Å². The summed E-state index contributed by atoms with van der Waals surface area (Å²) in [4.78, 5) is 21.9. The zero-order valence-electron chi connectivity index (χ0n) is 17.6. The molecule has 0 radical (unpaired) electrons. The van der Waals surface area contributed by atoms with Crippen molar-refractivity contribution in [3.05, 3.63) is 64.7 Å². The minimum absolute atomic E-state index is 0.165. The van der Waals surface area contributed by atoms with E-state index in [1.807, 2.05) is 49.5 Å². The number of aliphatic imine (C=N–C) groups is 1. The molecule has 1 unspecified atom stereocenters. The average molecular weight is 456 g/mol. The van der Waals surface area contributed by atoms with Crippen LogP contribution in [0.15, 0.2) is 53.5 Å². The first kappa shape index (κ1) is 21.7. The Labute approximate surface area is 193 Å². The van der Waals surface area contributed by atoms with Crippen LogP contribution in [-0.2, 0) is 4.79 Å². The van der Waals surface area contributed by atoms with E-state index >= 15 is 0 Å². The van der Waals surface area contributed by atoms with Crippen LogP contribution >= 0.6 is 23.8 Å². The maximum atomic E-state index is 13.3. The van der Waals surface area contributed by atoms with Crippen molar-refractivity contribution in [1.29, 1.82) is 0 Å². The number of rotatable bonds is 3. The predicted octanol–water partition coefficient (Wildman–Crippen LogP) is 3.04. The Morgan fingerprint density at radius 3 is 2.55 bits per heavy atom. The van der Waals surface area contributed by atoms with E-state index in [1.165, 1.54) is 0 Å². The van der Waals surface area contributed by atoms with Crippen molar-refractivity contribution in [3.63, 3.8) is 0 Å². The minimum atomic E-state index is -0.819. The summed E-state index contributed by atoms with van der Waals surface area (Å²) in [5, 5.41) is 7.69. The van der Waals surface area contributed by atoms with Gasteiger partial charge in [-0.1, -0.05) is 41.9 Å². The SMILES string of the molecule is CNC1CCN(C(=S)NC2N=C(c3ccccc3)c3cc(Cl)ccc3N(C)C2=O)CC1. The molecule has 31 heavy (non-hydrogen) atoms. The molecule has 2 aliphatic rings. The lowest BCUT2D eigenvalue weighted by Crippen LogP contribution is -2.53. The summed E-state index contributed by atoms with van der Waals surface area (Å²) in [7, 11) is 3.75. The standard InChI is InChI=1S/C23H26ClN5OS/c1-25-17-10-12-29(13-11-17)23(31)27-21-22(30)28(2)19-9-8-16(24)14-18(19)20(26-21)15-6-4-3-5-7-15/h3-9,14,17,21,25H,10-13H2,1-2H3,(H,27,31). The lowest BCUT2D eigenvalue weighted by atomic mass is 10.0. The number of carbonyl (C=O) groups excluding carboxylic acids is 1. The molecule has 162 valence electrons. The molecule has 8 heteroatoms. The largest absolute Gasteiger partial charge is 0.349 e. The van der Waals surface area contributed by atoms with Crippen molar-refractivity contribution < 1.29 is 4.79 Å². The van der Waals surface area contributed by atoms with E-state index in [1.54, 1.807) is 18.0 Å². The van der Waals surface area contributed by atoms with Gasteiger partial charge in [-0.2, -0.15) is 0 Å². The molecule has 4 rings (SSSR count). The molecular weight excluding hydrogens is 430 g/mol. The third-order valence-corrected chi connectivity index (χ3v) is 6.51. The van der Waals surface area contributed by atoms with Gasteiger partial charge in [0.1, 0.15) is 0 Å². The molecule has 0 aliphatic carbocycles. The van der Waals surface area contributed by atoms with Crippen molar-refractivity contribution in [1.82, 2.24) is 15.5 Å². The van der Waals surface area contributed by atoms with Crippen LogP contribution in [0.25, 0.3) is 0 Å². The highest BCUT2D eigenvalue weighted by molar-refractivity contribution is 7.80. The molecule has 1 amide bonds. The summed E-state index contributed by atoms with van der Waals surface area (Å²) < 4.78 is 0. The minimum Gasteiger partial charge on any atom is -0.349 e. The molecule has 2 N–H and O–H groups in total. The Bertz CT molecular complexity index is 1000. The Balaban J connectivity index is 1.67. The van der Waals surface area contributed by atoms with Gasteiger partial charge < -0.3 is 20.4 Å². The van der Waals surface area contributed by atoms with Crippen LogP contribution in [0.3, 0.4) is 0 Å². The lowest BCUT2D eigenvalue weighted by molar-refractivity contribution is -0.119. The molecule has 0 aromatic heterocycles. The van der Waals surface area contributed by atoms with Gasteiger partial charge in [0.05, 0.1) is 11.4 Å². The number of hydrogen-bond donors (Lipinski definition) is 2. The number of likely N-dealkylation sites (N-methyl/N-ethyl adjacent to an activating group) is 1. The highest BCUT2D eigenvalue weighted by Crippen LogP contribution is 2.30. The molecule has 0 bridgehead atoms. The highest BCUT2D eigenvalue weighted by atomic mass is 35.5. The molecule has 6 nitrogen and oxygen atoms in total. The fourth-order valence-electron chi connectivity index (χ4n) is 4.05. The summed E-state index contributed by atoms with van der Waals surface area (Å²) >= 11 is 12.0. The van der Waals surface area contributed by atoms with Crippen LogP contribution in [0, 0.1) is 0 Å². The number of nitrogens with zero attached hydrogens (tertiary/aromatic N) is 3. The van der Waals surface area contributed by atoms with Crippen LogP contribution in [0.2, 0.25) is 5.02 Å². The van der Waals surface area contributed by atoms with Gasteiger partial charge in [0, 0.05) is 42.3 Å². The summed E-state index contributed by atoms with van der Waals surface area (Å²) in [5.74, 6) is -0.165. The van der Waals surface area contributed by atoms with E-state index in [0.29, 0.717) is 21.9 Å². The second-order valence-corrected chi connectivity index (χ2v) is 8.63. The van der Waals surface area contributed by atoms with Gasteiger partial charge in [0.15, 0.2) is 5.11 Å². The Kier molecular flexibility index (Phi) is 6.55. The van der Waals surface area contributed by atoms with Crippen molar-refractivity contribution in [2.45, 2.75) is 25.0 Å². The summed E-state index contributed by atoms with van der Waals surface area (Å²) in [6.45, 7) is 1.69. The van der Waals surface area contributed by atoms with Crippen LogP contribution in [0.4, 0.5) is 5.69 Å². The monoisotopic (exact) mass is 455 g/mol. The van der Waals surface area contributed by atoms with Gasteiger partial charge in [-0.15, -0.1) is 0 Å². The first-order valence-corrected chi connectivity index (χ1v) is 11.2. The third kappa shape index (κ3) is 4.59. The van der Waals surface area contributed by atoms with Gasteiger partial charge >= 0.3 is 0 Å². The smallest absolute Gasteiger partial charge is 0.272 e. The maximum absolute atomic E-state index is 13.3. The number of benzene rings is 2. The fourth-order valence-corrected chi connectivity index (χ4v) is 4.51. The molecule has 1 atom stereocenters. The number of piperidine rings is 1. The van der Waals surface area contributed by atoms with Crippen LogP contribution in [0.5, 0.6) is 0 Å². The lowest BCUT2D eigenvalue weighted by Gasteiger charge is -2.34. The first-order valence-electron chi connectivity index (χ1n) is 10.4. The molecule has 2 heterocycles. The molecule has 2 aromatic rings. The van der Waals surface area contributed by atoms with Crippen molar-refractivity contribution >= 4 is 46.2 Å². The second-order valence-electron chi connectivity index (χ2n) is 7.80. The first-order chi connectivity index (χ1) is 15.0. The number of thiocarbonyl (C=S) groups is 1. The second kappa shape index (κ2) is 9.34. The summed E-state index contributed by atoms with van der Waals surface area (Å²) in [6.07, 6.45) is 1.21. The van der Waals surface area contributed by atoms with E-state index < -0.39 is 6.17 Å². The Morgan fingerprint density at radius 1 is 1.16 bits per heavy atom. The number of halogens is 1. The van der Waals surface area contributed by atoms with Crippen molar-refractivity contribution in [3.8, 4) is 0 Å². The summed E-state index contributed by atoms with van der Waals surface area (Å²) in [5.41, 5.74) is 3.22. The van der Waals surface area contributed by atoms with Gasteiger partial charge in [0.25, 0.3) is 5.91 Å². The Morgan fingerprint density at radius 2 is 1.87 bits per heavy atom. The van der Waals surface area contributed by atoms with E-state index in [-0.39, 0.29) is 5.91 Å². The number of nitrogens with one attached hydrogen (secondary N) is 2. The number of benzodiazepines with no additional fused rings is 1. The van der Waals surface area contributed by atoms with Gasteiger partial charge in [-0.3, -0.25) is 4.79 Å². The van der Waals surface area contributed by atoms with E-state index in [2.05, 4.69) is 15.5 Å². The average Bonchev–Trinajstić information content (AvgIpc) is 2.90. The van der Waals surface area contributed by atoms with Crippen LogP contribution in [-0.4, -0.2) is 61.0 Å². The fraction of sp³-hybridized carbons (Fsp3) is 0.348. The van der Waals surface area contributed by atoms with Gasteiger partial charge in [-0.25, -0.2) is 4.99 Å². The molecule has 1 saturated heterocycles. The predicted molar refractivity (Wildman–Crippen MR) is 130 cm³/mol. The normalized spacial score (nSPS) is 19.5. The molecular formula is C23H26ClN5OS. The number of likely N-dealkylation sites (tertiary alicyclic amines) is 1. The Hall–Kier alpha value is -2.48. The number of fused-ring (bicyclic) bond motifs is 1. The number of hydrogen-bond acceptors (Lipinski definition) is 4. The van der Waals surface area contributed by atoms with Gasteiger partial charge in [-0.05, 0) is 50.3 Å². The molecule has 0 saturated carbocycles. The summed E-state index contributed by atoms with van der Waals surface area (Å²) in [6, 6.07) is 15.8. The van der Waals surface area contributed by atoms with Crippen LogP contribution < -0.4 is 15.5 Å². The molecule has 1 fully saturated rings. The zero-order chi connectivity index (χ0) is 22.0. The highest BCUT2D eigenvalue weighted by Gasteiger charge is 2.32. The van der Waals surface area contributed by atoms with Crippen LogP contribution in [0.1, 0.15) is 24.0 Å². The zero-order valence-corrected chi connectivity index (χ0v) is 19.2. The van der Waals surface area contributed by atoms with E-state index in [0.717, 1.165) is 42.7 Å². The molecule has 2 aliphatic heterocycles. The van der Waals surface area contributed by atoms with E-state index in [4.69, 9.17) is 28.8 Å².